The topological polar surface area (TPSA) is 78.3 Å². The Bertz CT molecular complexity index is 738. The number of rotatable bonds is 3. The number of nitrogen functional groups attached to an aromatic ring is 1. The van der Waals surface area contributed by atoms with Gasteiger partial charge < -0.3 is 10.5 Å². The summed E-state index contributed by atoms with van der Waals surface area (Å²) < 4.78 is 7.70. The molecule has 0 aliphatic rings. The number of halogens is 1. The summed E-state index contributed by atoms with van der Waals surface area (Å²) in [4.78, 5) is 0.733. The molecule has 3 rings (SSSR count). The minimum atomic E-state index is 0.377. The summed E-state index contributed by atoms with van der Waals surface area (Å²) in [5, 5.41) is 13.4. The van der Waals surface area contributed by atoms with Crippen molar-refractivity contribution in [2.45, 2.75) is 6.61 Å². The van der Waals surface area contributed by atoms with Gasteiger partial charge in [0.1, 0.15) is 11.6 Å². The largest absolute Gasteiger partial charge is 0.399 e. The molecule has 0 atom stereocenters. The number of anilines is 1. The van der Waals surface area contributed by atoms with Crippen LogP contribution in [0.2, 0.25) is 0 Å². The van der Waals surface area contributed by atoms with Crippen LogP contribution < -0.4 is 5.73 Å². The van der Waals surface area contributed by atoms with Crippen LogP contribution >= 0.6 is 27.3 Å². The highest BCUT2D eigenvalue weighted by Crippen LogP contribution is 2.33. The quantitative estimate of drug-likeness (QED) is 0.741. The maximum Gasteiger partial charge on any atom is 0.235 e. The number of methoxy groups -OCH3 is 1. The smallest absolute Gasteiger partial charge is 0.235 e. The van der Waals surface area contributed by atoms with Gasteiger partial charge >= 0.3 is 0 Å². The normalized spacial score (nSPS) is 11.3. The van der Waals surface area contributed by atoms with Crippen molar-refractivity contribution < 1.29 is 4.74 Å². The Labute approximate surface area is 121 Å². The zero-order chi connectivity index (χ0) is 13.4. The molecule has 0 bridgehead atoms. The van der Waals surface area contributed by atoms with Gasteiger partial charge in [-0.2, -0.15) is 9.61 Å². The highest BCUT2D eigenvalue weighted by atomic mass is 79.9. The van der Waals surface area contributed by atoms with Crippen LogP contribution in [0.15, 0.2) is 22.7 Å². The third-order valence-corrected chi connectivity index (χ3v) is 4.17. The van der Waals surface area contributed by atoms with E-state index in [-0.39, 0.29) is 0 Å². The van der Waals surface area contributed by atoms with Crippen molar-refractivity contribution in [1.82, 2.24) is 19.8 Å². The summed E-state index contributed by atoms with van der Waals surface area (Å²) in [6.45, 7) is 0.377. The molecular weight excluding hydrogens is 330 g/mol. The maximum atomic E-state index is 5.81. The Morgan fingerprint density at radius 3 is 3.05 bits per heavy atom. The van der Waals surface area contributed by atoms with E-state index < -0.39 is 0 Å². The molecule has 8 heteroatoms. The second-order valence-corrected chi connectivity index (χ2v) is 5.70. The minimum Gasteiger partial charge on any atom is -0.399 e. The lowest BCUT2D eigenvalue weighted by Crippen LogP contribution is -1.97. The van der Waals surface area contributed by atoms with Crippen molar-refractivity contribution in [1.29, 1.82) is 0 Å². The zero-order valence-electron chi connectivity index (χ0n) is 10.00. The number of ether oxygens (including phenoxy) is 1. The molecule has 0 fully saturated rings. The lowest BCUT2D eigenvalue weighted by atomic mass is 10.2. The molecule has 0 saturated heterocycles. The summed E-state index contributed by atoms with van der Waals surface area (Å²) in [6.07, 6.45) is 0. The Morgan fingerprint density at radius 1 is 1.42 bits per heavy atom. The third kappa shape index (κ3) is 2.22. The first-order chi connectivity index (χ1) is 9.19. The fourth-order valence-electron chi connectivity index (χ4n) is 1.69. The molecule has 19 heavy (non-hydrogen) atoms. The van der Waals surface area contributed by atoms with Crippen molar-refractivity contribution in [3.05, 3.63) is 28.5 Å². The summed E-state index contributed by atoms with van der Waals surface area (Å²) >= 11 is 4.96. The van der Waals surface area contributed by atoms with Gasteiger partial charge in [-0.3, -0.25) is 0 Å². The molecule has 0 unspecified atom stereocenters. The van der Waals surface area contributed by atoms with Gasteiger partial charge in [0, 0.05) is 22.8 Å². The number of hydrogen-bond acceptors (Lipinski definition) is 6. The Balaban J connectivity index is 2.12. The van der Waals surface area contributed by atoms with E-state index in [1.54, 1.807) is 11.6 Å². The van der Waals surface area contributed by atoms with Gasteiger partial charge in [-0.25, -0.2) is 0 Å². The van der Waals surface area contributed by atoms with Gasteiger partial charge in [-0.15, -0.1) is 10.2 Å². The summed E-state index contributed by atoms with van der Waals surface area (Å²) in [6, 6.07) is 5.62. The molecule has 0 radical (unpaired) electrons. The fraction of sp³-hybridized carbons (Fsp3) is 0.182. The van der Waals surface area contributed by atoms with Crippen LogP contribution in [0.25, 0.3) is 15.5 Å². The van der Waals surface area contributed by atoms with Gasteiger partial charge in [0.25, 0.3) is 0 Å². The Morgan fingerprint density at radius 2 is 2.26 bits per heavy atom. The monoisotopic (exact) mass is 339 g/mol. The van der Waals surface area contributed by atoms with Crippen LogP contribution in [-0.4, -0.2) is 26.9 Å². The van der Waals surface area contributed by atoms with E-state index in [0.717, 1.165) is 20.0 Å². The molecule has 2 heterocycles. The molecule has 0 amide bonds. The number of benzene rings is 1. The van der Waals surface area contributed by atoms with E-state index in [0.29, 0.717) is 18.1 Å². The van der Waals surface area contributed by atoms with Crippen molar-refractivity contribution in [2.75, 3.05) is 12.8 Å². The van der Waals surface area contributed by atoms with E-state index in [2.05, 4.69) is 31.2 Å². The van der Waals surface area contributed by atoms with Crippen LogP contribution in [0.5, 0.6) is 0 Å². The van der Waals surface area contributed by atoms with E-state index >= 15 is 0 Å². The van der Waals surface area contributed by atoms with Crippen molar-refractivity contribution >= 4 is 37.9 Å². The molecule has 1 aromatic carbocycles. The SMILES string of the molecule is COCc1nnc2sc(-c3cc(N)ccc3Br)nn12. The van der Waals surface area contributed by atoms with Crippen LogP contribution in [0.1, 0.15) is 5.82 Å². The Kier molecular flexibility index (Phi) is 3.21. The van der Waals surface area contributed by atoms with Crippen molar-refractivity contribution in [3.63, 3.8) is 0 Å². The molecule has 6 nitrogen and oxygen atoms in total. The minimum absolute atomic E-state index is 0.377. The third-order valence-electron chi connectivity index (χ3n) is 2.55. The highest BCUT2D eigenvalue weighted by molar-refractivity contribution is 9.10. The molecule has 0 spiro atoms. The van der Waals surface area contributed by atoms with E-state index in [1.807, 2.05) is 18.2 Å². The maximum absolute atomic E-state index is 5.81. The molecule has 2 N–H and O–H groups in total. The van der Waals surface area contributed by atoms with Crippen molar-refractivity contribution in [2.24, 2.45) is 0 Å². The van der Waals surface area contributed by atoms with E-state index in [9.17, 15) is 0 Å². The molecule has 3 aromatic rings. The van der Waals surface area contributed by atoms with E-state index in [1.165, 1.54) is 11.3 Å². The average Bonchev–Trinajstić information content (AvgIpc) is 2.95. The first-order valence-electron chi connectivity index (χ1n) is 5.44. The molecule has 0 aliphatic carbocycles. The second kappa shape index (κ2) is 4.87. The van der Waals surface area contributed by atoms with Crippen LogP contribution in [0.4, 0.5) is 5.69 Å². The van der Waals surface area contributed by atoms with Gasteiger partial charge in [0.05, 0.1) is 0 Å². The average molecular weight is 340 g/mol. The summed E-state index contributed by atoms with van der Waals surface area (Å²) in [5.74, 6) is 0.681. The summed E-state index contributed by atoms with van der Waals surface area (Å²) in [5.41, 5.74) is 7.45. The number of nitrogens with two attached hydrogens (primary N) is 1. The molecular formula is C11H10BrN5OS. The highest BCUT2D eigenvalue weighted by Gasteiger charge is 2.14. The van der Waals surface area contributed by atoms with Gasteiger partial charge in [-0.1, -0.05) is 27.3 Å². The lowest BCUT2D eigenvalue weighted by Gasteiger charge is -2.01. The fourth-order valence-corrected chi connectivity index (χ4v) is 3.15. The number of hydrogen-bond donors (Lipinski definition) is 1. The van der Waals surface area contributed by atoms with Gasteiger partial charge in [0.2, 0.25) is 4.96 Å². The number of nitrogens with zero attached hydrogens (tertiary/aromatic N) is 4. The van der Waals surface area contributed by atoms with Gasteiger partial charge in [-0.05, 0) is 18.2 Å². The first kappa shape index (κ1) is 12.5. The zero-order valence-corrected chi connectivity index (χ0v) is 12.4. The molecule has 0 aliphatic heterocycles. The standard InChI is InChI=1S/C11H10BrN5OS/c1-18-5-9-14-15-11-17(9)16-10(19-11)7-4-6(13)2-3-8(7)12/h2-4H,5,13H2,1H3. The predicted octanol–water partition coefficient (Wildman–Crippen LogP) is 2.34. The second-order valence-electron chi connectivity index (χ2n) is 3.89. The van der Waals surface area contributed by atoms with Gasteiger partial charge in [0.15, 0.2) is 5.82 Å². The van der Waals surface area contributed by atoms with Crippen molar-refractivity contribution in [3.8, 4) is 10.6 Å². The number of aromatic nitrogens is 4. The first-order valence-corrected chi connectivity index (χ1v) is 7.05. The summed E-state index contributed by atoms with van der Waals surface area (Å²) in [7, 11) is 1.61. The lowest BCUT2D eigenvalue weighted by molar-refractivity contribution is 0.176. The molecule has 2 aromatic heterocycles. The van der Waals surface area contributed by atoms with Crippen LogP contribution in [0.3, 0.4) is 0 Å². The molecule has 98 valence electrons. The number of fused-ring (bicyclic) bond motifs is 1. The van der Waals surface area contributed by atoms with E-state index in [4.69, 9.17) is 10.5 Å². The van der Waals surface area contributed by atoms with Crippen LogP contribution in [-0.2, 0) is 11.3 Å². The molecule has 0 saturated carbocycles. The van der Waals surface area contributed by atoms with Crippen LogP contribution in [0, 0.1) is 0 Å². The Hall–Kier alpha value is -1.51. The predicted molar refractivity (Wildman–Crippen MR) is 76.9 cm³/mol.